The van der Waals surface area contributed by atoms with Crippen LogP contribution in [0.25, 0.3) is 0 Å². The molecular formula is C77H120O6. The molecule has 0 amide bonds. The molecule has 0 spiro atoms. The number of hydrogen-bond donors (Lipinski definition) is 0. The van der Waals surface area contributed by atoms with Crippen LogP contribution >= 0.6 is 0 Å². The summed E-state index contributed by atoms with van der Waals surface area (Å²) in [4.78, 5) is 38.3. The third-order valence-corrected chi connectivity index (χ3v) is 13.4. The molecule has 0 N–H and O–H groups in total. The Morgan fingerprint density at radius 2 is 0.470 bits per heavy atom. The van der Waals surface area contributed by atoms with Gasteiger partial charge in [0, 0.05) is 19.3 Å². The van der Waals surface area contributed by atoms with Crippen LogP contribution in [-0.4, -0.2) is 37.2 Å². The standard InChI is InChI=1S/C77H120O6/c1-4-7-10-13-16-19-22-25-28-29-30-31-32-33-34-35-36-37-38-39-40-41-42-43-44-45-46-47-50-52-55-58-61-64-67-70-76(79)82-73-74(83-77(80)71-68-65-62-59-56-53-49-27-24-21-18-15-12-9-6-3)72-81-75(78)69-66-63-60-57-54-51-48-26-23-20-17-14-11-8-5-2/h7,9-10,12,16-21,25-28,30-31,33-34,36-37,39-40,42-43,45-46,48-49,56,59,74H,4-6,8,11,13-15,22-24,29,32,35,38,41,44,47,50-55,57-58,60-73H2,1-3H3/b10-7-,12-9-,19-16-,20-17-,21-18-,28-25-,31-30-,34-33-,37-36-,40-39-,43-42-,46-45-,48-26-,49-27-,59-56-. The van der Waals surface area contributed by atoms with Crippen LogP contribution in [0.2, 0.25) is 0 Å². The second-order valence-corrected chi connectivity index (χ2v) is 21.3. The first-order valence-corrected chi connectivity index (χ1v) is 33.3. The predicted molar refractivity (Wildman–Crippen MR) is 361 cm³/mol. The molecule has 83 heavy (non-hydrogen) atoms. The molecule has 0 bridgehead atoms. The first-order valence-electron chi connectivity index (χ1n) is 33.3. The Hall–Kier alpha value is -5.49. The molecule has 0 fully saturated rings. The lowest BCUT2D eigenvalue weighted by Crippen LogP contribution is -2.30. The van der Waals surface area contributed by atoms with Crippen molar-refractivity contribution in [3.05, 3.63) is 182 Å². The number of ether oxygens (including phenoxy) is 3. The van der Waals surface area contributed by atoms with E-state index in [1.165, 1.54) is 44.9 Å². The van der Waals surface area contributed by atoms with Crippen LogP contribution in [0.1, 0.15) is 265 Å². The van der Waals surface area contributed by atoms with Gasteiger partial charge in [-0.15, -0.1) is 0 Å². The molecule has 0 radical (unpaired) electrons. The predicted octanol–water partition coefficient (Wildman–Crippen LogP) is 23.2. The van der Waals surface area contributed by atoms with Gasteiger partial charge in [0.1, 0.15) is 13.2 Å². The van der Waals surface area contributed by atoms with Crippen molar-refractivity contribution in [2.24, 2.45) is 0 Å². The van der Waals surface area contributed by atoms with Gasteiger partial charge in [-0.3, -0.25) is 14.4 Å². The molecule has 0 aliphatic carbocycles. The van der Waals surface area contributed by atoms with Crippen molar-refractivity contribution in [1.82, 2.24) is 0 Å². The summed E-state index contributed by atoms with van der Waals surface area (Å²) in [5.41, 5.74) is 0. The third kappa shape index (κ3) is 67.2. The molecular weight excluding hydrogens is 1020 g/mol. The molecule has 1 unspecified atom stereocenters. The van der Waals surface area contributed by atoms with Gasteiger partial charge in [0.15, 0.2) is 6.10 Å². The smallest absolute Gasteiger partial charge is 0.306 e. The zero-order valence-corrected chi connectivity index (χ0v) is 53.1. The van der Waals surface area contributed by atoms with E-state index in [1.807, 2.05) is 0 Å². The largest absolute Gasteiger partial charge is 0.462 e. The molecule has 0 rings (SSSR count). The molecule has 1 atom stereocenters. The SMILES string of the molecule is CC/C=C\C/C=C\C/C=C\C/C=C\C/C=C\C/C=C\C/C=C\C/C=C\C/C=C\CCCCCCCCCC(=O)OCC(COC(=O)CCCCCCC/C=C\C/C=C\CCCCC)OC(=O)CCCC/C=C\C/C=C\C/C=C\C/C=C\CC. The summed E-state index contributed by atoms with van der Waals surface area (Å²) >= 11 is 0. The van der Waals surface area contributed by atoms with Gasteiger partial charge >= 0.3 is 17.9 Å². The summed E-state index contributed by atoms with van der Waals surface area (Å²) < 4.78 is 16.9. The lowest BCUT2D eigenvalue weighted by Gasteiger charge is -2.18. The van der Waals surface area contributed by atoms with Gasteiger partial charge < -0.3 is 14.2 Å². The number of unbranched alkanes of at least 4 members (excludes halogenated alkanes) is 17. The van der Waals surface area contributed by atoms with Gasteiger partial charge in [0.2, 0.25) is 0 Å². The van der Waals surface area contributed by atoms with Gasteiger partial charge in [-0.1, -0.05) is 267 Å². The van der Waals surface area contributed by atoms with Crippen molar-refractivity contribution in [1.29, 1.82) is 0 Å². The van der Waals surface area contributed by atoms with Gasteiger partial charge in [-0.2, -0.15) is 0 Å². The molecule has 0 saturated heterocycles. The number of esters is 3. The highest BCUT2D eigenvalue weighted by Crippen LogP contribution is 2.14. The molecule has 464 valence electrons. The van der Waals surface area contributed by atoms with E-state index in [0.29, 0.717) is 19.3 Å². The second kappa shape index (κ2) is 69.0. The highest BCUT2D eigenvalue weighted by atomic mass is 16.6. The Morgan fingerprint density at radius 1 is 0.253 bits per heavy atom. The quantitative estimate of drug-likeness (QED) is 0.0261. The van der Waals surface area contributed by atoms with Crippen molar-refractivity contribution in [2.45, 2.75) is 271 Å². The fourth-order valence-electron chi connectivity index (χ4n) is 8.46. The normalized spacial score (nSPS) is 13.3. The van der Waals surface area contributed by atoms with Crippen molar-refractivity contribution in [2.75, 3.05) is 13.2 Å². The van der Waals surface area contributed by atoms with Crippen LogP contribution < -0.4 is 0 Å². The van der Waals surface area contributed by atoms with Crippen molar-refractivity contribution in [3.63, 3.8) is 0 Å². The minimum absolute atomic E-state index is 0.113. The second-order valence-electron chi connectivity index (χ2n) is 21.3. The number of hydrogen-bond acceptors (Lipinski definition) is 6. The molecule has 0 aliphatic heterocycles. The van der Waals surface area contributed by atoms with Crippen molar-refractivity contribution in [3.8, 4) is 0 Å². The summed E-state index contributed by atoms with van der Waals surface area (Å²) in [5, 5.41) is 0. The molecule has 0 aromatic carbocycles. The zero-order chi connectivity index (χ0) is 59.9. The van der Waals surface area contributed by atoms with Gasteiger partial charge in [0.05, 0.1) is 0 Å². The minimum atomic E-state index is -0.821. The highest BCUT2D eigenvalue weighted by Gasteiger charge is 2.19. The first kappa shape index (κ1) is 77.5. The Kier molecular flexibility index (Phi) is 64.4. The average molecular weight is 1140 g/mol. The molecule has 6 nitrogen and oxygen atoms in total. The maximum Gasteiger partial charge on any atom is 0.306 e. The third-order valence-electron chi connectivity index (χ3n) is 13.4. The van der Waals surface area contributed by atoms with E-state index < -0.39 is 6.10 Å². The fraction of sp³-hybridized carbons (Fsp3) is 0.571. The van der Waals surface area contributed by atoms with Crippen LogP contribution in [0, 0.1) is 0 Å². The Morgan fingerprint density at radius 3 is 0.759 bits per heavy atom. The molecule has 0 aliphatic rings. The van der Waals surface area contributed by atoms with E-state index in [0.717, 1.165) is 173 Å². The van der Waals surface area contributed by atoms with E-state index in [4.69, 9.17) is 14.2 Å². The number of carbonyl (C=O) groups is 3. The number of allylic oxidation sites excluding steroid dienone is 30. The lowest BCUT2D eigenvalue weighted by molar-refractivity contribution is -0.167. The molecule has 0 heterocycles. The van der Waals surface area contributed by atoms with E-state index in [9.17, 15) is 14.4 Å². The van der Waals surface area contributed by atoms with Crippen molar-refractivity contribution < 1.29 is 28.6 Å². The van der Waals surface area contributed by atoms with Crippen LogP contribution in [-0.2, 0) is 28.6 Å². The minimum Gasteiger partial charge on any atom is -0.462 e. The Labute approximate surface area is 510 Å². The molecule has 0 aromatic rings. The molecule has 6 heteroatoms. The van der Waals surface area contributed by atoms with Crippen LogP contribution in [0.4, 0.5) is 0 Å². The first-order chi connectivity index (χ1) is 41.0. The highest BCUT2D eigenvalue weighted by molar-refractivity contribution is 5.71. The summed E-state index contributed by atoms with van der Waals surface area (Å²) in [6, 6.07) is 0. The number of rotatable bonds is 58. The molecule has 0 saturated carbocycles. The van der Waals surface area contributed by atoms with E-state index in [2.05, 4.69) is 203 Å². The number of carbonyl (C=O) groups excluding carboxylic acids is 3. The Balaban J connectivity index is 4.35. The van der Waals surface area contributed by atoms with Gasteiger partial charge in [-0.05, 0) is 161 Å². The van der Waals surface area contributed by atoms with E-state index in [-0.39, 0.29) is 37.5 Å². The monoisotopic (exact) mass is 1140 g/mol. The summed E-state index contributed by atoms with van der Waals surface area (Å²) in [6.07, 6.45) is 103. The van der Waals surface area contributed by atoms with Crippen LogP contribution in [0.15, 0.2) is 182 Å². The lowest BCUT2D eigenvalue weighted by atomic mass is 10.1. The van der Waals surface area contributed by atoms with Crippen LogP contribution in [0.5, 0.6) is 0 Å². The van der Waals surface area contributed by atoms with Gasteiger partial charge in [0.25, 0.3) is 0 Å². The zero-order valence-electron chi connectivity index (χ0n) is 53.1. The van der Waals surface area contributed by atoms with Gasteiger partial charge in [-0.25, -0.2) is 0 Å². The maximum absolute atomic E-state index is 12.9. The maximum atomic E-state index is 12.9. The van der Waals surface area contributed by atoms with Crippen molar-refractivity contribution >= 4 is 17.9 Å². The van der Waals surface area contributed by atoms with E-state index in [1.54, 1.807) is 0 Å². The fourth-order valence-corrected chi connectivity index (χ4v) is 8.46. The molecule has 0 aromatic heterocycles. The average Bonchev–Trinajstić information content (AvgIpc) is 3.49. The van der Waals surface area contributed by atoms with Crippen LogP contribution in [0.3, 0.4) is 0 Å². The summed E-state index contributed by atoms with van der Waals surface area (Å²) in [5.74, 6) is -0.985. The summed E-state index contributed by atoms with van der Waals surface area (Å²) in [6.45, 7) is 6.32. The Bertz CT molecular complexity index is 1940. The summed E-state index contributed by atoms with van der Waals surface area (Å²) in [7, 11) is 0. The van der Waals surface area contributed by atoms with E-state index >= 15 is 0 Å². The topological polar surface area (TPSA) is 78.9 Å².